The Balaban J connectivity index is 2.45. The van der Waals surface area contributed by atoms with E-state index in [-0.39, 0.29) is 28.3 Å². The second-order valence-corrected chi connectivity index (χ2v) is 4.18. The average molecular weight is 279 g/mol. The number of carboxylic acids is 1. The van der Waals surface area contributed by atoms with E-state index in [0.717, 1.165) is 12.1 Å². The maximum absolute atomic E-state index is 13.7. The summed E-state index contributed by atoms with van der Waals surface area (Å²) >= 11 is 0. The Kier molecular flexibility index (Phi) is 3.51. The highest BCUT2D eigenvalue weighted by atomic mass is 19.1. The molecular formula is C13H11F2N3O2. The number of nitrogens with two attached hydrogens (primary N) is 1. The van der Waals surface area contributed by atoms with Crippen LogP contribution in [0.2, 0.25) is 0 Å². The molecule has 2 rings (SSSR count). The van der Waals surface area contributed by atoms with Gasteiger partial charge in [-0.3, -0.25) is 0 Å². The maximum atomic E-state index is 13.7. The number of nitrogen functional groups attached to an aromatic ring is 1. The Bertz CT molecular complexity index is 690. The van der Waals surface area contributed by atoms with E-state index in [4.69, 9.17) is 10.8 Å². The van der Waals surface area contributed by atoms with Crippen molar-refractivity contribution in [3.63, 3.8) is 0 Å². The second kappa shape index (κ2) is 5.12. The molecule has 7 heteroatoms. The van der Waals surface area contributed by atoms with Crippen LogP contribution in [0.1, 0.15) is 15.9 Å². The monoisotopic (exact) mass is 279 g/mol. The number of benzene rings is 1. The van der Waals surface area contributed by atoms with Crippen molar-refractivity contribution in [2.24, 2.45) is 0 Å². The van der Waals surface area contributed by atoms with Crippen molar-refractivity contribution < 1.29 is 18.7 Å². The molecule has 0 aliphatic carbocycles. The summed E-state index contributed by atoms with van der Waals surface area (Å²) in [5, 5.41) is 11.5. The van der Waals surface area contributed by atoms with Gasteiger partial charge in [-0.2, -0.15) is 0 Å². The fourth-order valence-electron chi connectivity index (χ4n) is 1.61. The summed E-state index contributed by atoms with van der Waals surface area (Å²) in [5.41, 5.74) is 5.32. The highest BCUT2D eigenvalue weighted by molar-refractivity contribution is 5.94. The topological polar surface area (TPSA) is 88.2 Å². The van der Waals surface area contributed by atoms with Crippen molar-refractivity contribution in [2.45, 2.75) is 6.92 Å². The summed E-state index contributed by atoms with van der Waals surface area (Å²) in [6.45, 7) is 1.42. The molecule has 1 aromatic heterocycles. The second-order valence-electron chi connectivity index (χ2n) is 4.18. The number of carbonyl (C=O) groups is 1. The van der Waals surface area contributed by atoms with Crippen LogP contribution in [0.5, 0.6) is 0 Å². The summed E-state index contributed by atoms with van der Waals surface area (Å²) in [6.07, 6.45) is 1.22. The van der Waals surface area contributed by atoms with E-state index in [1.807, 2.05) is 0 Å². The van der Waals surface area contributed by atoms with Gasteiger partial charge in [-0.1, -0.05) is 0 Å². The van der Waals surface area contributed by atoms with E-state index in [1.54, 1.807) is 0 Å². The number of nitrogens with one attached hydrogen (secondary N) is 1. The van der Waals surface area contributed by atoms with Gasteiger partial charge in [0.25, 0.3) is 0 Å². The lowest BCUT2D eigenvalue weighted by Crippen LogP contribution is -2.07. The summed E-state index contributed by atoms with van der Waals surface area (Å²) < 4.78 is 27.1. The molecule has 0 saturated carbocycles. The molecule has 0 atom stereocenters. The van der Waals surface area contributed by atoms with Crippen LogP contribution in [0.25, 0.3) is 0 Å². The van der Waals surface area contributed by atoms with Crippen molar-refractivity contribution in [1.29, 1.82) is 0 Å². The molecule has 104 valence electrons. The first-order chi connectivity index (χ1) is 9.38. The predicted octanol–water partition coefficient (Wildman–Crippen LogP) is 2.69. The van der Waals surface area contributed by atoms with E-state index < -0.39 is 17.6 Å². The minimum atomic E-state index is -1.28. The number of hydrogen-bond acceptors (Lipinski definition) is 4. The van der Waals surface area contributed by atoms with Crippen LogP contribution in [0.15, 0.2) is 24.4 Å². The zero-order valence-electron chi connectivity index (χ0n) is 10.4. The number of pyridine rings is 1. The number of nitrogens with zero attached hydrogens (tertiary/aromatic N) is 1. The molecule has 0 unspecified atom stereocenters. The van der Waals surface area contributed by atoms with Crippen LogP contribution in [0.3, 0.4) is 0 Å². The van der Waals surface area contributed by atoms with Gasteiger partial charge in [-0.25, -0.2) is 18.6 Å². The molecule has 1 aromatic carbocycles. The normalized spacial score (nSPS) is 10.3. The quantitative estimate of drug-likeness (QED) is 0.804. The molecule has 0 fully saturated rings. The van der Waals surface area contributed by atoms with Gasteiger partial charge in [0.05, 0.1) is 17.6 Å². The van der Waals surface area contributed by atoms with Gasteiger partial charge in [-0.15, -0.1) is 0 Å². The Morgan fingerprint density at radius 1 is 1.30 bits per heavy atom. The number of aromatic carboxylic acids is 1. The molecule has 4 N–H and O–H groups in total. The smallest absolute Gasteiger partial charge is 0.339 e. The minimum absolute atomic E-state index is 0.117. The summed E-state index contributed by atoms with van der Waals surface area (Å²) in [4.78, 5) is 14.8. The van der Waals surface area contributed by atoms with Gasteiger partial charge in [-0.05, 0) is 24.6 Å². The van der Waals surface area contributed by atoms with Crippen LogP contribution < -0.4 is 11.1 Å². The van der Waals surface area contributed by atoms with E-state index >= 15 is 0 Å². The zero-order valence-corrected chi connectivity index (χ0v) is 10.4. The molecular weight excluding hydrogens is 268 g/mol. The van der Waals surface area contributed by atoms with Crippen LogP contribution in [-0.4, -0.2) is 16.1 Å². The summed E-state index contributed by atoms with van der Waals surface area (Å²) in [7, 11) is 0. The molecule has 5 nitrogen and oxygen atoms in total. The Labute approximate surface area is 113 Å². The predicted molar refractivity (Wildman–Crippen MR) is 70.0 cm³/mol. The molecule has 0 radical (unpaired) electrons. The van der Waals surface area contributed by atoms with Crippen molar-refractivity contribution >= 4 is 23.2 Å². The van der Waals surface area contributed by atoms with Gasteiger partial charge in [0.2, 0.25) is 0 Å². The molecule has 0 saturated heterocycles. The molecule has 20 heavy (non-hydrogen) atoms. The molecule has 0 aliphatic rings. The van der Waals surface area contributed by atoms with Gasteiger partial charge in [0.1, 0.15) is 23.0 Å². The van der Waals surface area contributed by atoms with E-state index in [9.17, 15) is 13.6 Å². The van der Waals surface area contributed by atoms with E-state index in [2.05, 4.69) is 10.3 Å². The number of aromatic nitrogens is 1. The van der Waals surface area contributed by atoms with E-state index in [1.165, 1.54) is 19.2 Å². The maximum Gasteiger partial charge on any atom is 0.339 e. The standard InChI is InChI=1S/C13H11F2N3O2/c1-6-2-10(15)11(4-9(6)14)18-12-8(13(19)20)3-7(16)5-17-12/h2-5H,16H2,1H3,(H,17,18)(H,19,20). The third-order valence-electron chi connectivity index (χ3n) is 2.64. The molecule has 2 aromatic rings. The van der Waals surface area contributed by atoms with Gasteiger partial charge in [0, 0.05) is 6.07 Å². The largest absolute Gasteiger partial charge is 0.478 e. The Morgan fingerprint density at radius 2 is 2.00 bits per heavy atom. The van der Waals surface area contributed by atoms with Crippen molar-refractivity contribution in [3.8, 4) is 0 Å². The number of carboxylic acid groups (broad SMARTS) is 1. The molecule has 1 heterocycles. The van der Waals surface area contributed by atoms with Gasteiger partial charge in [0.15, 0.2) is 0 Å². The number of anilines is 3. The molecule has 0 bridgehead atoms. The molecule has 0 spiro atoms. The zero-order chi connectivity index (χ0) is 14.9. The van der Waals surface area contributed by atoms with Gasteiger partial charge >= 0.3 is 5.97 Å². The third kappa shape index (κ3) is 2.66. The first-order valence-electron chi connectivity index (χ1n) is 5.60. The fourth-order valence-corrected chi connectivity index (χ4v) is 1.61. The number of hydrogen-bond donors (Lipinski definition) is 3. The number of halogens is 2. The molecule has 0 amide bonds. The first kappa shape index (κ1) is 13.7. The van der Waals surface area contributed by atoms with E-state index in [0.29, 0.717) is 0 Å². The number of rotatable bonds is 3. The van der Waals surface area contributed by atoms with Crippen LogP contribution >= 0.6 is 0 Å². The Morgan fingerprint density at radius 3 is 2.65 bits per heavy atom. The van der Waals surface area contributed by atoms with Crippen LogP contribution in [0.4, 0.5) is 26.0 Å². The average Bonchev–Trinajstić information content (AvgIpc) is 2.37. The summed E-state index contributed by atoms with van der Waals surface area (Å²) in [5.74, 6) is -2.71. The SMILES string of the molecule is Cc1cc(F)c(Nc2ncc(N)cc2C(=O)O)cc1F. The number of aryl methyl sites for hydroxylation is 1. The highest BCUT2D eigenvalue weighted by Crippen LogP contribution is 2.24. The lowest BCUT2D eigenvalue weighted by molar-refractivity contribution is 0.0697. The van der Waals surface area contributed by atoms with Crippen LogP contribution in [-0.2, 0) is 0 Å². The lowest BCUT2D eigenvalue weighted by atomic mass is 10.2. The Hall–Kier alpha value is -2.70. The minimum Gasteiger partial charge on any atom is -0.478 e. The van der Waals surface area contributed by atoms with Crippen molar-refractivity contribution in [1.82, 2.24) is 4.98 Å². The first-order valence-corrected chi connectivity index (χ1v) is 5.60. The highest BCUT2D eigenvalue weighted by Gasteiger charge is 2.15. The fraction of sp³-hybridized carbons (Fsp3) is 0.0769. The lowest BCUT2D eigenvalue weighted by Gasteiger charge is -2.11. The van der Waals surface area contributed by atoms with Crippen molar-refractivity contribution in [2.75, 3.05) is 11.1 Å². The molecule has 0 aliphatic heterocycles. The van der Waals surface area contributed by atoms with Gasteiger partial charge < -0.3 is 16.2 Å². The summed E-state index contributed by atoms with van der Waals surface area (Å²) in [6, 6.07) is 3.13. The van der Waals surface area contributed by atoms with Crippen LogP contribution in [0, 0.1) is 18.6 Å². The third-order valence-corrected chi connectivity index (χ3v) is 2.64. The van der Waals surface area contributed by atoms with Crippen molar-refractivity contribution in [3.05, 3.63) is 47.2 Å².